The van der Waals surface area contributed by atoms with E-state index in [2.05, 4.69) is 17.0 Å². The highest BCUT2D eigenvalue weighted by Gasteiger charge is 2.30. The van der Waals surface area contributed by atoms with Gasteiger partial charge in [0.05, 0.1) is 7.11 Å². The molecule has 5 nitrogen and oxygen atoms in total. The highest BCUT2D eigenvalue weighted by atomic mass is 32.2. The van der Waals surface area contributed by atoms with Crippen LogP contribution in [0.3, 0.4) is 0 Å². The quantitative estimate of drug-likeness (QED) is 0.868. The van der Waals surface area contributed by atoms with Crippen LogP contribution in [0.2, 0.25) is 0 Å². The van der Waals surface area contributed by atoms with Gasteiger partial charge in [0.15, 0.2) is 0 Å². The maximum absolute atomic E-state index is 12.7. The summed E-state index contributed by atoms with van der Waals surface area (Å²) in [7, 11) is -2.08. The summed E-state index contributed by atoms with van der Waals surface area (Å²) in [5, 5.41) is 3.30. The van der Waals surface area contributed by atoms with Crippen LogP contribution in [0.4, 0.5) is 0 Å². The molecule has 2 N–H and O–H groups in total. The Morgan fingerprint density at radius 2 is 1.91 bits per heavy atom. The molecule has 1 aromatic rings. The van der Waals surface area contributed by atoms with Crippen LogP contribution in [0.15, 0.2) is 17.0 Å². The summed E-state index contributed by atoms with van der Waals surface area (Å²) < 4.78 is 33.5. The van der Waals surface area contributed by atoms with E-state index in [0.717, 1.165) is 37.1 Å². The Labute approximate surface area is 133 Å². The first-order chi connectivity index (χ1) is 10.3. The van der Waals surface area contributed by atoms with E-state index in [0.29, 0.717) is 12.3 Å². The van der Waals surface area contributed by atoms with Crippen LogP contribution in [0.25, 0.3) is 0 Å². The largest absolute Gasteiger partial charge is 0.495 e. The number of piperidine rings is 1. The molecule has 1 saturated heterocycles. The summed E-state index contributed by atoms with van der Waals surface area (Å²) in [6, 6.07) is 3.59. The minimum atomic E-state index is -3.58. The zero-order valence-corrected chi connectivity index (χ0v) is 14.6. The van der Waals surface area contributed by atoms with Crippen LogP contribution >= 0.6 is 0 Å². The van der Waals surface area contributed by atoms with Gasteiger partial charge in [-0.2, -0.15) is 0 Å². The number of hydrogen-bond acceptors (Lipinski definition) is 4. The van der Waals surface area contributed by atoms with Crippen molar-refractivity contribution in [1.29, 1.82) is 0 Å². The molecule has 0 bridgehead atoms. The van der Waals surface area contributed by atoms with Crippen molar-refractivity contribution in [2.24, 2.45) is 5.41 Å². The molecule has 0 unspecified atom stereocenters. The van der Waals surface area contributed by atoms with E-state index in [4.69, 9.17) is 4.74 Å². The average Bonchev–Trinajstić information content (AvgIpc) is 2.45. The fourth-order valence-corrected chi connectivity index (χ4v) is 4.45. The first kappa shape index (κ1) is 17.2. The lowest BCUT2D eigenvalue weighted by molar-refractivity contribution is 0.232. The molecule has 0 spiro atoms. The molecule has 1 aliphatic rings. The van der Waals surface area contributed by atoms with Gasteiger partial charge in [-0.3, -0.25) is 0 Å². The molecule has 6 heteroatoms. The maximum Gasteiger partial charge on any atom is 0.244 e. The van der Waals surface area contributed by atoms with E-state index in [1.54, 1.807) is 6.07 Å². The lowest BCUT2D eigenvalue weighted by Gasteiger charge is -2.34. The second-order valence-corrected chi connectivity index (χ2v) is 8.23. The number of methoxy groups -OCH3 is 1. The van der Waals surface area contributed by atoms with E-state index < -0.39 is 10.0 Å². The van der Waals surface area contributed by atoms with Crippen molar-refractivity contribution in [2.75, 3.05) is 26.7 Å². The third-order valence-corrected chi connectivity index (χ3v) is 5.78. The molecule has 1 aliphatic heterocycles. The van der Waals surface area contributed by atoms with Gasteiger partial charge in [-0.05, 0) is 62.4 Å². The molecule has 22 heavy (non-hydrogen) atoms. The van der Waals surface area contributed by atoms with Crippen molar-refractivity contribution in [3.8, 4) is 5.75 Å². The molecule has 0 atom stereocenters. The maximum atomic E-state index is 12.7. The fraction of sp³-hybridized carbons (Fsp3) is 0.625. The van der Waals surface area contributed by atoms with E-state index in [9.17, 15) is 8.42 Å². The smallest absolute Gasteiger partial charge is 0.244 e. The van der Waals surface area contributed by atoms with Crippen LogP contribution in [0, 0.1) is 19.3 Å². The molecule has 1 heterocycles. The number of hydrogen-bond donors (Lipinski definition) is 2. The van der Waals surface area contributed by atoms with Gasteiger partial charge in [-0.15, -0.1) is 0 Å². The van der Waals surface area contributed by atoms with Crippen molar-refractivity contribution in [1.82, 2.24) is 10.0 Å². The summed E-state index contributed by atoms with van der Waals surface area (Å²) in [4.78, 5) is 0.227. The lowest BCUT2D eigenvalue weighted by atomic mass is 9.81. The molecule has 1 aromatic carbocycles. The minimum absolute atomic E-state index is 0.00439. The van der Waals surface area contributed by atoms with Gasteiger partial charge in [0.25, 0.3) is 0 Å². The Kier molecular flexibility index (Phi) is 5.14. The number of benzene rings is 1. The Morgan fingerprint density at radius 1 is 1.27 bits per heavy atom. The van der Waals surface area contributed by atoms with Gasteiger partial charge in [0.1, 0.15) is 10.6 Å². The minimum Gasteiger partial charge on any atom is -0.495 e. The number of sulfonamides is 1. The molecule has 2 rings (SSSR count). The third-order valence-electron chi connectivity index (χ3n) is 4.38. The summed E-state index contributed by atoms with van der Waals surface area (Å²) in [5.41, 5.74) is 1.74. The molecule has 0 amide bonds. The monoisotopic (exact) mass is 326 g/mol. The predicted octanol–water partition coefficient (Wildman–Crippen LogP) is 1.98. The van der Waals surface area contributed by atoms with Gasteiger partial charge < -0.3 is 10.1 Å². The SMILES string of the molecule is COc1c(C)cc(C)cc1S(=O)(=O)NCC1(C)CCNCC1. The Balaban J connectivity index is 2.23. The fourth-order valence-electron chi connectivity index (χ4n) is 2.93. The van der Waals surface area contributed by atoms with Gasteiger partial charge in [0, 0.05) is 6.54 Å². The van der Waals surface area contributed by atoms with Crippen LogP contribution in [-0.2, 0) is 10.0 Å². The first-order valence-corrected chi connectivity index (χ1v) is 9.11. The summed E-state index contributed by atoms with van der Waals surface area (Å²) >= 11 is 0. The van der Waals surface area contributed by atoms with Gasteiger partial charge in [-0.1, -0.05) is 13.0 Å². The van der Waals surface area contributed by atoms with Crippen LogP contribution in [0.1, 0.15) is 30.9 Å². The molecular weight excluding hydrogens is 300 g/mol. The number of aryl methyl sites for hydroxylation is 2. The van der Waals surface area contributed by atoms with E-state index in [1.807, 2.05) is 19.9 Å². The van der Waals surface area contributed by atoms with Gasteiger partial charge in [0.2, 0.25) is 10.0 Å². The van der Waals surface area contributed by atoms with Crippen LogP contribution in [-0.4, -0.2) is 35.2 Å². The lowest BCUT2D eigenvalue weighted by Crippen LogP contribution is -2.42. The van der Waals surface area contributed by atoms with Crippen molar-refractivity contribution in [3.05, 3.63) is 23.3 Å². The predicted molar refractivity (Wildman–Crippen MR) is 87.9 cm³/mol. The highest BCUT2D eigenvalue weighted by molar-refractivity contribution is 7.89. The van der Waals surface area contributed by atoms with Crippen molar-refractivity contribution < 1.29 is 13.2 Å². The van der Waals surface area contributed by atoms with E-state index >= 15 is 0 Å². The Morgan fingerprint density at radius 3 is 2.50 bits per heavy atom. The zero-order chi connectivity index (χ0) is 16.4. The molecule has 0 aromatic heterocycles. The van der Waals surface area contributed by atoms with Crippen molar-refractivity contribution in [2.45, 2.75) is 38.5 Å². The molecular formula is C16H26N2O3S. The molecule has 0 radical (unpaired) electrons. The topological polar surface area (TPSA) is 67.4 Å². The van der Waals surface area contributed by atoms with Crippen molar-refractivity contribution in [3.63, 3.8) is 0 Å². The number of rotatable bonds is 5. The molecule has 0 aliphatic carbocycles. The second kappa shape index (κ2) is 6.56. The molecule has 0 saturated carbocycles. The van der Waals surface area contributed by atoms with Crippen LogP contribution < -0.4 is 14.8 Å². The number of ether oxygens (including phenoxy) is 1. The normalized spacial score (nSPS) is 18.2. The Hall–Kier alpha value is -1.11. The Bertz CT molecular complexity index is 635. The molecule has 124 valence electrons. The zero-order valence-electron chi connectivity index (χ0n) is 13.8. The highest BCUT2D eigenvalue weighted by Crippen LogP contribution is 2.31. The molecule has 1 fully saturated rings. The van der Waals surface area contributed by atoms with Gasteiger partial charge in [-0.25, -0.2) is 13.1 Å². The number of nitrogens with one attached hydrogen (secondary N) is 2. The van der Waals surface area contributed by atoms with Crippen molar-refractivity contribution >= 4 is 10.0 Å². The summed E-state index contributed by atoms with van der Waals surface area (Å²) in [5.74, 6) is 0.425. The summed E-state index contributed by atoms with van der Waals surface area (Å²) in [6.45, 7) is 8.21. The van der Waals surface area contributed by atoms with Crippen LogP contribution in [0.5, 0.6) is 5.75 Å². The third kappa shape index (κ3) is 3.80. The first-order valence-electron chi connectivity index (χ1n) is 7.63. The average molecular weight is 326 g/mol. The second-order valence-electron chi connectivity index (χ2n) is 6.50. The van der Waals surface area contributed by atoms with E-state index in [-0.39, 0.29) is 10.3 Å². The van der Waals surface area contributed by atoms with E-state index in [1.165, 1.54) is 7.11 Å². The summed E-state index contributed by atoms with van der Waals surface area (Å²) in [6.07, 6.45) is 1.94. The standard InChI is InChI=1S/C16H26N2O3S/c1-12-9-13(2)15(21-4)14(10-12)22(19,20)18-11-16(3)5-7-17-8-6-16/h9-10,17-18H,5-8,11H2,1-4H3. The van der Waals surface area contributed by atoms with Gasteiger partial charge >= 0.3 is 0 Å².